The fourth-order valence-electron chi connectivity index (χ4n) is 2.16. The fraction of sp³-hybridized carbons (Fsp3) is 1.00. The number of nitrogens with zero attached hydrogens (tertiary/aromatic N) is 1. The number of hydrogen-bond donors (Lipinski definition) is 1. The van der Waals surface area contributed by atoms with Gasteiger partial charge in [-0.1, -0.05) is 33.6 Å². The minimum Gasteiger partial charge on any atom is -0.313 e. The van der Waals surface area contributed by atoms with Crippen molar-refractivity contribution in [3.8, 4) is 0 Å². The van der Waals surface area contributed by atoms with E-state index in [1.165, 1.54) is 45.2 Å². The lowest BCUT2D eigenvalue weighted by molar-refractivity contribution is 0.199. The smallest absolute Gasteiger partial charge is 0.0110 e. The number of hydrogen-bond acceptors (Lipinski definition) is 2. The molecule has 0 aromatic rings. The third-order valence-corrected chi connectivity index (χ3v) is 3.63. The Bertz CT molecular complexity index is 159. The van der Waals surface area contributed by atoms with Crippen LogP contribution in [0.25, 0.3) is 0 Å². The quantitative estimate of drug-likeness (QED) is 0.595. The Hall–Kier alpha value is -0.0800. The molecule has 0 heterocycles. The zero-order valence-corrected chi connectivity index (χ0v) is 12.8. The summed E-state index contributed by atoms with van der Waals surface area (Å²) in [5.74, 6) is 0. The first-order valence-corrected chi connectivity index (χ1v) is 7.63. The molecule has 0 aromatic carbocycles. The van der Waals surface area contributed by atoms with Gasteiger partial charge in [0.1, 0.15) is 0 Å². The van der Waals surface area contributed by atoms with Gasteiger partial charge in [0.15, 0.2) is 0 Å². The van der Waals surface area contributed by atoms with Gasteiger partial charge in [-0.2, -0.15) is 0 Å². The van der Waals surface area contributed by atoms with E-state index in [1.807, 2.05) is 0 Å². The third-order valence-electron chi connectivity index (χ3n) is 3.63. The van der Waals surface area contributed by atoms with Crippen LogP contribution in [-0.2, 0) is 0 Å². The van der Waals surface area contributed by atoms with Crippen LogP contribution in [0.1, 0.15) is 66.7 Å². The van der Waals surface area contributed by atoms with Gasteiger partial charge >= 0.3 is 0 Å². The molecule has 104 valence electrons. The average molecular weight is 242 g/mol. The number of nitrogens with one attached hydrogen (secondary N) is 1. The lowest BCUT2D eigenvalue weighted by Gasteiger charge is -2.29. The van der Waals surface area contributed by atoms with Crippen molar-refractivity contribution in [2.24, 2.45) is 0 Å². The van der Waals surface area contributed by atoms with Crippen molar-refractivity contribution >= 4 is 0 Å². The van der Waals surface area contributed by atoms with E-state index in [-0.39, 0.29) is 0 Å². The predicted molar refractivity (Wildman–Crippen MR) is 78.6 cm³/mol. The highest BCUT2D eigenvalue weighted by Crippen LogP contribution is 2.05. The summed E-state index contributed by atoms with van der Waals surface area (Å²) in [6.07, 6.45) is 6.45. The maximum Gasteiger partial charge on any atom is 0.0110 e. The summed E-state index contributed by atoms with van der Waals surface area (Å²) in [7, 11) is 0. The van der Waals surface area contributed by atoms with Gasteiger partial charge in [0.2, 0.25) is 0 Å². The Balaban J connectivity index is 3.82. The van der Waals surface area contributed by atoms with E-state index >= 15 is 0 Å². The van der Waals surface area contributed by atoms with Gasteiger partial charge in [0.05, 0.1) is 0 Å². The summed E-state index contributed by atoms with van der Waals surface area (Å²) >= 11 is 0. The first-order valence-electron chi connectivity index (χ1n) is 7.63. The molecule has 0 amide bonds. The van der Waals surface area contributed by atoms with Crippen molar-refractivity contribution in [2.75, 3.05) is 19.6 Å². The number of unbranched alkanes of at least 4 members (excludes halogenated alkanes) is 1. The Morgan fingerprint density at radius 3 is 2.24 bits per heavy atom. The second kappa shape index (κ2) is 11.0. The van der Waals surface area contributed by atoms with E-state index in [0.29, 0.717) is 6.04 Å². The van der Waals surface area contributed by atoms with Gasteiger partial charge < -0.3 is 5.32 Å². The molecule has 0 spiro atoms. The Morgan fingerprint density at radius 1 is 1.00 bits per heavy atom. The van der Waals surface area contributed by atoms with Crippen LogP contribution in [0.5, 0.6) is 0 Å². The van der Waals surface area contributed by atoms with Gasteiger partial charge in [-0.05, 0) is 39.7 Å². The molecule has 2 unspecified atom stereocenters. The molecule has 0 aromatic heterocycles. The largest absolute Gasteiger partial charge is 0.313 e. The van der Waals surface area contributed by atoms with Gasteiger partial charge in [-0.15, -0.1) is 0 Å². The summed E-state index contributed by atoms with van der Waals surface area (Å²) in [4.78, 5) is 2.63. The lowest BCUT2D eigenvalue weighted by atomic mass is 10.2. The van der Waals surface area contributed by atoms with Crippen molar-refractivity contribution < 1.29 is 0 Å². The van der Waals surface area contributed by atoms with Crippen LogP contribution in [0.15, 0.2) is 0 Å². The Labute approximate surface area is 109 Å². The van der Waals surface area contributed by atoms with E-state index in [2.05, 4.69) is 44.8 Å². The van der Waals surface area contributed by atoms with Gasteiger partial charge in [0.25, 0.3) is 0 Å². The zero-order chi connectivity index (χ0) is 13.1. The van der Waals surface area contributed by atoms with E-state index in [4.69, 9.17) is 0 Å². The van der Waals surface area contributed by atoms with Crippen molar-refractivity contribution in [1.29, 1.82) is 0 Å². The molecule has 0 rings (SSSR count). The summed E-state index contributed by atoms with van der Waals surface area (Å²) < 4.78 is 0. The van der Waals surface area contributed by atoms with Gasteiger partial charge in [0, 0.05) is 25.2 Å². The number of rotatable bonds is 11. The molecular formula is C15H34N2. The summed E-state index contributed by atoms with van der Waals surface area (Å²) in [6, 6.07) is 1.40. The molecule has 0 fully saturated rings. The minimum atomic E-state index is 0.671. The SMILES string of the molecule is CCCCN(CCNC(C)CCC)C(C)CC. The molecule has 0 aliphatic heterocycles. The van der Waals surface area contributed by atoms with Crippen LogP contribution >= 0.6 is 0 Å². The van der Waals surface area contributed by atoms with Gasteiger partial charge in [-0.25, -0.2) is 0 Å². The van der Waals surface area contributed by atoms with Gasteiger partial charge in [-0.3, -0.25) is 4.90 Å². The predicted octanol–water partition coefficient (Wildman–Crippen LogP) is 3.67. The molecule has 0 bridgehead atoms. The highest BCUT2D eigenvalue weighted by Gasteiger charge is 2.11. The topological polar surface area (TPSA) is 15.3 Å². The van der Waals surface area contributed by atoms with E-state index in [1.54, 1.807) is 0 Å². The van der Waals surface area contributed by atoms with Crippen LogP contribution in [0.3, 0.4) is 0 Å². The second-order valence-electron chi connectivity index (χ2n) is 5.29. The highest BCUT2D eigenvalue weighted by atomic mass is 15.2. The first-order chi connectivity index (χ1) is 8.15. The van der Waals surface area contributed by atoms with E-state index in [0.717, 1.165) is 12.6 Å². The van der Waals surface area contributed by atoms with Crippen molar-refractivity contribution in [3.63, 3.8) is 0 Å². The standard InChI is InChI=1S/C15H34N2/c1-6-9-12-17(15(5)8-3)13-11-16-14(4)10-7-2/h14-16H,6-13H2,1-5H3. The summed E-state index contributed by atoms with van der Waals surface area (Å²) in [5, 5.41) is 3.63. The molecule has 2 nitrogen and oxygen atoms in total. The highest BCUT2D eigenvalue weighted by molar-refractivity contribution is 4.68. The molecule has 0 saturated carbocycles. The maximum absolute atomic E-state index is 3.63. The summed E-state index contributed by atoms with van der Waals surface area (Å²) in [5.41, 5.74) is 0. The third kappa shape index (κ3) is 8.62. The molecule has 17 heavy (non-hydrogen) atoms. The molecule has 0 radical (unpaired) electrons. The Morgan fingerprint density at radius 2 is 1.71 bits per heavy atom. The van der Waals surface area contributed by atoms with Crippen molar-refractivity contribution in [2.45, 2.75) is 78.8 Å². The van der Waals surface area contributed by atoms with E-state index < -0.39 is 0 Å². The van der Waals surface area contributed by atoms with Crippen LogP contribution < -0.4 is 5.32 Å². The maximum atomic E-state index is 3.63. The average Bonchev–Trinajstić information content (AvgIpc) is 2.32. The fourth-order valence-corrected chi connectivity index (χ4v) is 2.16. The second-order valence-corrected chi connectivity index (χ2v) is 5.29. The molecule has 0 aliphatic carbocycles. The molecule has 0 saturated heterocycles. The molecule has 2 atom stereocenters. The molecule has 0 aliphatic rings. The van der Waals surface area contributed by atoms with Crippen molar-refractivity contribution in [3.05, 3.63) is 0 Å². The first kappa shape index (κ1) is 16.9. The van der Waals surface area contributed by atoms with E-state index in [9.17, 15) is 0 Å². The lowest BCUT2D eigenvalue weighted by Crippen LogP contribution is -2.40. The van der Waals surface area contributed by atoms with Crippen LogP contribution in [0.4, 0.5) is 0 Å². The van der Waals surface area contributed by atoms with Crippen LogP contribution in [-0.4, -0.2) is 36.6 Å². The van der Waals surface area contributed by atoms with Crippen LogP contribution in [0, 0.1) is 0 Å². The molecule has 1 N–H and O–H groups in total. The molecular weight excluding hydrogens is 208 g/mol. The van der Waals surface area contributed by atoms with Crippen LogP contribution in [0.2, 0.25) is 0 Å². The summed E-state index contributed by atoms with van der Waals surface area (Å²) in [6.45, 7) is 15.1. The minimum absolute atomic E-state index is 0.671. The monoisotopic (exact) mass is 242 g/mol. The van der Waals surface area contributed by atoms with Crippen molar-refractivity contribution in [1.82, 2.24) is 10.2 Å². The Kier molecular flexibility index (Phi) is 11.0. The molecule has 2 heteroatoms. The normalized spacial score (nSPS) is 15.2. The zero-order valence-electron chi connectivity index (χ0n) is 12.8.